The van der Waals surface area contributed by atoms with Crippen molar-refractivity contribution in [3.8, 4) is 0 Å². The lowest BCUT2D eigenvalue weighted by molar-refractivity contribution is -0.870. The molecule has 0 saturated carbocycles. The zero-order chi connectivity index (χ0) is 46.4. The van der Waals surface area contributed by atoms with E-state index in [-0.39, 0.29) is 19.1 Å². The number of unbranched alkanes of at least 4 members (excludes halogenated alkanes) is 23. The molecule has 63 heavy (non-hydrogen) atoms. The van der Waals surface area contributed by atoms with Crippen molar-refractivity contribution in [2.75, 3.05) is 40.9 Å². The largest absolute Gasteiger partial charge is 0.472 e. The number of nitrogens with zero attached hydrogens (tertiary/aromatic N) is 1. The highest BCUT2D eigenvalue weighted by atomic mass is 31.2. The maximum atomic E-state index is 12.8. The number of aliphatic hydroxyl groups is 1. The zero-order valence-corrected chi connectivity index (χ0v) is 42.4. The topological polar surface area (TPSA) is 105 Å². The van der Waals surface area contributed by atoms with Gasteiger partial charge in [-0.05, 0) is 64.2 Å². The molecule has 0 aromatic rings. The molecule has 366 valence electrons. The molecule has 0 radical (unpaired) electrons. The molecule has 0 spiro atoms. The predicted molar refractivity (Wildman–Crippen MR) is 272 cm³/mol. The van der Waals surface area contributed by atoms with Gasteiger partial charge in [0.2, 0.25) is 5.91 Å². The molecule has 0 aliphatic rings. The summed E-state index contributed by atoms with van der Waals surface area (Å²) < 4.78 is 23.4. The smallest absolute Gasteiger partial charge is 0.387 e. The minimum absolute atomic E-state index is 0.0598. The van der Waals surface area contributed by atoms with Gasteiger partial charge >= 0.3 is 7.82 Å². The van der Waals surface area contributed by atoms with Crippen LogP contribution in [0.2, 0.25) is 0 Å². The number of likely N-dealkylation sites (N-methyl/N-ethyl adjacent to an activating group) is 1. The summed E-state index contributed by atoms with van der Waals surface area (Å²) in [6.07, 6.45) is 61.9. The van der Waals surface area contributed by atoms with Gasteiger partial charge in [-0.15, -0.1) is 0 Å². The first-order valence-electron chi connectivity index (χ1n) is 25.8. The first-order chi connectivity index (χ1) is 30.5. The fourth-order valence-electron chi connectivity index (χ4n) is 7.13. The van der Waals surface area contributed by atoms with E-state index in [0.717, 1.165) is 77.0 Å². The number of phosphoric acid groups is 1. The molecular formula is C54H100N2O6P+. The van der Waals surface area contributed by atoms with Crippen LogP contribution in [0.4, 0.5) is 0 Å². The number of rotatable bonds is 46. The summed E-state index contributed by atoms with van der Waals surface area (Å²) in [5, 5.41) is 13.7. The minimum atomic E-state index is -4.33. The van der Waals surface area contributed by atoms with Gasteiger partial charge in [0, 0.05) is 6.42 Å². The van der Waals surface area contributed by atoms with E-state index in [1.165, 1.54) is 116 Å². The van der Waals surface area contributed by atoms with Crippen molar-refractivity contribution >= 4 is 13.7 Å². The monoisotopic (exact) mass is 904 g/mol. The Labute approximate surface area is 389 Å². The Morgan fingerprint density at radius 1 is 0.556 bits per heavy atom. The standard InChI is InChI=1S/C54H99N2O6P/c1-6-8-10-12-14-15-16-17-18-19-20-21-22-23-24-25-26-27-28-29-30-31-32-33-34-35-36-37-38-39-40-41-42-44-46-48-54(58)55-52(53(57)47-45-43-13-11-9-7-2)51-62-63(59,60)61-50-49-56(3,4)5/h8,10,14-15,17-18,20-21,23-24,45,47,52-53,57H,6-7,9,11-13,16,19,22,25-44,46,48-51H2,1-5H3,(H-,55,58,59,60)/p+1/b10-8-,15-14-,18-17-,21-20-,24-23-,47-45+. The Balaban J connectivity index is 3.84. The summed E-state index contributed by atoms with van der Waals surface area (Å²) in [4.78, 5) is 23.0. The second-order valence-corrected chi connectivity index (χ2v) is 20.0. The third-order valence-corrected chi connectivity index (χ3v) is 12.2. The fraction of sp³-hybridized carbons (Fsp3) is 0.759. The van der Waals surface area contributed by atoms with E-state index >= 15 is 0 Å². The highest BCUT2D eigenvalue weighted by Gasteiger charge is 2.27. The molecule has 9 heteroatoms. The lowest BCUT2D eigenvalue weighted by atomic mass is 10.0. The molecule has 0 aliphatic carbocycles. The molecule has 0 bridgehead atoms. The number of hydrogen-bond acceptors (Lipinski definition) is 5. The van der Waals surface area contributed by atoms with Crippen LogP contribution >= 0.6 is 7.82 Å². The summed E-state index contributed by atoms with van der Waals surface area (Å²) in [7, 11) is 1.57. The van der Waals surface area contributed by atoms with Crippen LogP contribution in [0, 0.1) is 0 Å². The van der Waals surface area contributed by atoms with Gasteiger partial charge in [0.15, 0.2) is 0 Å². The lowest BCUT2D eigenvalue weighted by Gasteiger charge is -2.25. The van der Waals surface area contributed by atoms with Crippen molar-refractivity contribution in [3.63, 3.8) is 0 Å². The Morgan fingerprint density at radius 2 is 0.952 bits per heavy atom. The quantitative estimate of drug-likeness (QED) is 0.0243. The lowest BCUT2D eigenvalue weighted by Crippen LogP contribution is -2.45. The van der Waals surface area contributed by atoms with Gasteiger partial charge in [0.05, 0.1) is 39.9 Å². The molecular weight excluding hydrogens is 804 g/mol. The molecule has 0 saturated heterocycles. The van der Waals surface area contributed by atoms with E-state index in [4.69, 9.17) is 9.05 Å². The van der Waals surface area contributed by atoms with Crippen LogP contribution < -0.4 is 5.32 Å². The summed E-state index contributed by atoms with van der Waals surface area (Å²) in [6, 6.07) is -0.843. The van der Waals surface area contributed by atoms with Gasteiger partial charge in [0.25, 0.3) is 0 Å². The molecule has 3 N–H and O–H groups in total. The average molecular weight is 904 g/mol. The van der Waals surface area contributed by atoms with Gasteiger partial charge in [-0.2, -0.15) is 0 Å². The molecule has 0 aliphatic heterocycles. The molecule has 0 rings (SSSR count). The van der Waals surface area contributed by atoms with Gasteiger partial charge in [0.1, 0.15) is 13.2 Å². The van der Waals surface area contributed by atoms with E-state index in [2.05, 4.69) is 79.9 Å². The number of carbonyl (C=O) groups excluding carboxylic acids is 1. The van der Waals surface area contributed by atoms with E-state index < -0.39 is 20.0 Å². The van der Waals surface area contributed by atoms with E-state index in [1.54, 1.807) is 6.08 Å². The number of phosphoric ester groups is 1. The van der Waals surface area contributed by atoms with Crippen LogP contribution in [0.3, 0.4) is 0 Å². The maximum absolute atomic E-state index is 12.8. The van der Waals surface area contributed by atoms with Crippen molar-refractivity contribution in [2.45, 2.75) is 225 Å². The van der Waals surface area contributed by atoms with Crippen molar-refractivity contribution in [2.24, 2.45) is 0 Å². The van der Waals surface area contributed by atoms with Crippen LogP contribution in [0.1, 0.15) is 213 Å². The Kier molecular flexibility index (Phi) is 43.6. The van der Waals surface area contributed by atoms with Crippen molar-refractivity contribution < 1.29 is 32.9 Å². The Morgan fingerprint density at radius 3 is 1.40 bits per heavy atom. The Bertz CT molecular complexity index is 1250. The fourth-order valence-corrected chi connectivity index (χ4v) is 7.86. The first kappa shape index (κ1) is 60.9. The third-order valence-electron chi connectivity index (χ3n) is 11.2. The number of allylic oxidation sites excluding steroid dienone is 11. The highest BCUT2D eigenvalue weighted by molar-refractivity contribution is 7.47. The molecule has 8 nitrogen and oxygen atoms in total. The average Bonchev–Trinajstić information content (AvgIpc) is 3.24. The van der Waals surface area contributed by atoms with Crippen molar-refractivity contribution in [3.05, 3.63) is 72.9 Å². The van der Waals surface area contributed by atoms with Gasteiger partial charge in [-0.25, -0.2) is 4.57 Å². The molecule has 3 atom stereocenters. The maximum Gasteiger partial charge on any atom is 0.472 e. The summed E-state index contributed by atoms with van der Waals surface area (Å²) >= 11 is 0. The second kappa shape index (κ2) is 45.1. The summed E-state index contributed by atoms with van der Waals surface area (Å²) in [6.45, 7) is 4.61. The van der Waals surface area contributed by atoms with E-state index in [1.807, 2.05) is 27.2 Å². The molecule has 0 fully saturated rings. The van der Waals surface area contributed by atoms with Crippen molar-refractivity contribution in [1.82, 2.24) is 5.32 Å². The van der Waals surface area contributed by atoms with Crippen LogP contribution in [0.5, 0.6) is 0 Å². The summed E-state index contributed by atoms with van der Waals surface area (Å²) in [5.74, 6) is -0.183. The number of nitrogens with one attached hydrogen (secondary N) is 1. The van der Waals surface area contributed by atoms with Gasteiger partial charge in [-0.3, -0.25) is 13.8 Å². The predicted octanol–water partition coefficient (Wildman–Crippen LogP) is 15.1. The summed E-state index contributed by atoms with van der Waals surface area (Å²) in [5.41, 5.74) is 0. The van der Waals surface area contributed by atoms with E-state index in [0.29, 0.717) is 17.4 Å². The molecule has 0 aromatic carbocycles. The number of quaternary nitrogens is 1. The van der Waals surface area contributed by atoms with Crippen molar-refractivity contribution in [1.29, 1.82) is 0 Å². The number of amides is 1. The van der Waals surface area contributed by atoms with Crippen LogP contribution in [0.25, 0.3) is 0 Å². The van der Waals surface area contributed by atoms with Crippen LogP contribution in [-0.4, -0.2) is 73.4 Å². The molecule has 1 amide bonds. The SMILES string of the molecule is CC/C=C\C/C=C\C/C=C\C/C=C\C/C=C\CCCCCCCCCCCCCCCCCCCCCC(=O)NC(COP(=O)(O)OCC[N+](C)(C)C)C(O)/C=C/CCCCCC. The van der Waals surface area contributed by atoms with Crippen LogP contribution in [0.15, 0.2) is 72.9 Å². The number of aliphatic hydroxyl groups excluding tert-OH is 1. The molecule has 3 unspecified atom stereocenters. The zero-order valence-electron chi connectivity index (χ0n) is 41.5. The number of carbonyl (C=O) groups is 1. The highest BCUT2D eigenvalue weighted by Crippen LogP contribution is 2.43. The van der Waals surface area contributed by atoms with E-state index in [9.17, 15) is 19.4 Å². The molecule has 0 aromatic heterocycles. The first-order valence-corrected chi connectivity index (χ1v) is 27.3. The number of hydrogen-bond donors (Lipinski definition) is 3. The van der Waals surface area contributed by atoms with Gasteiger partial charge in [-0.1, -0.05) is 215 Å². The minimum Gasteiger partial charge on any atom is -0.387 e. The van der Waals surface area contributed by atoms with Crippen LogP contribution in [-0.2, 0) is 18.4 Å². The third kappa shape index (κ3) is 47.7. The Hall–Kier alpha value is -2.06. The second-order valence-electron chi connectivity index (χ2n) is 18.5. The van der Waals surface area contributed by atoms with Gasteiger partial charge < -0.3 is 19.8 Å². The normalized spacial score (nSPS) is 14.7. The molecule has 0 heterocycles.